The van der Waals surface area contributed by atoms with Gasteiger partial charge in [0.25, 0.3) is 0 Å². The zero-order valence-corrected chi connectivity index (χ0v) is 13.2. The van der Waals surface area contributed by atoms with Crippen LogP contribution < -0.4 is 5.32 Å². The van der Waals surface area contributed by atoms with E-state index in [1.54, 1.807) is 0 Å². The Hall–Kier alpha value is -1.46. The van der Waals surface area contributed by atoms with Crippen LogP contribution in [-0.2, 0) is 6.54 Å². The van der Waals surface area contributed by atoms with E-state index in [2.05, 4.69) is 47.1 Å². The minimum atomic E-state index is 0.114. The predicted molar refractivity (Wildman–Crippen MR) is 81.7 cm³/mol. The molecule has 0 aromatic carbocycles. The van der Waals surface area contributed by atoms with Crippen LogP contribution in [0.3, 0.4) is 0 Å². The monoisotopic (exact) mass is 288 g/mol. The van der Waals surface area contributed by atoms with Crippen LogP contribution in [-0.4, -0.2) is 20.5 Å². The van der Waals surface area contributed by atoms with E-state index in [0.717, 1.165) is 22.3 Å². The Morgan fingerprint density at radius 2 is 1.75 bits per heavy atom. The van der Waals surface area contributed by atoms with Crippen molar-refractivity contribution < 1.29 is 0 Å². The highest BCUT2D eigenvalue weighted by Gasteiger charge is 2.08. The summed E-state index contributed by atoms with van der Waals surface area (Å²) in [6, 6.07) is 4.09. The summed E-state index contributed by atoms with van der Waals surface area (Å²) < 4.78 is 0. The molecule has 5 heteroatoms. The second-order valence-corrected chi connectivity index (χ2v) is 6.74. The number of pyridine rings is 1. The molecule has 0 saturated heterocycles. The molecular formula is C15H20N4S. The van der Waals surface area contributed by atoms with Crippen molar-refractivity contribution in [3.05, 3.63) is 41.9 Å². The van der Waals surface area contributed by atoms with Crippen LogP contribution in [0.2, 0.25) is 0 Å². The third-order valence-electron chi connectivity index (χ3n) is 2.57. The molecule has 0 amide bonds. The summed E-state index contributed by atoms with van der Waals surface area (Å²) in [5.41, 5.74) is 2.35. The van der Waals surface area contributed by atoms with Gasteiger partial charge in [0, 0.05) is 30.7 Å². The highest BCUT2D eigenvalue weighted by Crippen LogP contribution is 2.22. The average molecular weight is 288 g/mol. The molecule has 2 aromatic heterocycles. The molecule has 0 fully saturated rings. The maximum atomic E-state index is 4.44. The van der Waals surface area contributed by atoms with E-state index >= 15 is 0 Å². The van der Waals surface area contributed by atoms with E-state index in [-0.39, 0.29) is 5.54 Å². The van der Waals surface area contributed by atoms with Crippen LogP contribution in [0, 0.1) is 6.92 Å². The fraction of sp³-hybridized carbons (Fsp3) is 0.400. The molecule has 0 aliphatic carbocycles. The molecule has 0 aliphatic rings. The lowest BCUT2D eigenvalue weighted by atomic mass is 10.1. The normalized spacial score (nSPS) is 11.6. The van der Waals surface area contributed by atoms with Crippen LogP contribution in [0.4, 0.5) is 0 Å². The van der Waals surface area contributed by atoms with Crippen LogP contribution in [0.15, 0.2) is 40.9 Å². The standard InChI is InChI=1S/C15H20N4S/c1-11-7-17-14(18-8-11)20-13-6-5-12(9-16-13)10-19-15(2,3)4/h5-9,19H,10H2,1-4H3. The third-order valence-corrected chi connectivity index (χ3v) is 3.42. The quantitative estimate of drug-likeness (QED) is 0.875. The van der Waals surface area contributed by atoms with Gasteiger partial charge in [0.1, 0.15) is 5.03 Å². The molecule has 4 nitrogen and oxygen atoms in total. The van der Waals surface area contributed by atoms with Gasteiger partial charge in [-0.05, 0) is 56.7 Å². The van der Waals surface area contributed by atoms with Crippen LogP contribution >= 0.6 is 11.8 Å². The number of hydrogen-bond donors (Lipinski definition) is 1. The molecule has 106 valence electrons. The van der Waals surface area contributed by atoms with Gasteiger partial charge in [0.15, 0.2) is 5.16 Å². The van der Waals surface area contributed by atoms with Gasteiger partial charge < -0.3 is 5.32 Å². The van der Waals surface area contributed by atoms with Crippen LogP contribution in [0.1, 0.15) is 31.9 Å². The topological polar surface area (TPSA) is 50.7 Å². The number of aromatic nitrogens is 3. The molecule has 0 spiro atoms. The van der Waals surface area contributed by atoms with Crippen LogP contribution in [0.5, 0.6) is 0 Å². The highest BCUT2D eigenvalue weighted by molar-refractivity contribution is 7.99. The van der Waals surface area contributed by atoms with E-state index in [9.17, 15) is 0 Å². The Kier molecular flexibility index (Phi) is 4.73. The predicted octanol–water partition coefficient (Wildman–Crippen LogP) is 3.22. The van der Waals surface area contributed by atoms with Gasteiger partial charge in [-0.25, -0.2) is 15.0 Å². The minimum absolute atomic E-state index is 0.114. The molecular weight excluding hydrogens is 268 g/mol. The summed E-state index contributed by atoms with van der Waals surface area (Å²) in [5, 5.41) is 5.08. The highest BCUT2D eigenvalue weighted by atomic mass is 32.2. The van der Waals surface area contributed by atoms with E-state index in [1.807, 2.05) is 31.6 Å². The van der Waals surface area contributed by atoms with Gasteiger partial charge in [-0.2, -0.15) is 0 Å². The smallest absolute Gasteiger partial charge is 0.193 e. The van der Waals surface area contributed by atoms with Gasteiger partial charge in [0.05, 0.1) is 0 Å². The number of rotatable bonds is 4. The first-order valence-electron chi connectivity index (χ1n) is 6.59. The van der Waals surface area contributed by atoms with Crippen molar-refractivity contribution in [3.63, 3.8) is 0 Å². The minimum Gasteiger partial charge on any atom is -0.308 e. The molecule has 1 N–H and O–H groups in total. The molecule has 0 aliphatic heterocycles. The van der Waals surface area contributed by atoms with Gasteiger partial charge in [0.2, 0.25) is 0 Å². The van der Waals surface area contributed by atoms with Crippen molar-refractivity contribution in [1.82, 2.24) is 20.3 Å². The van der Waals surface area contributed by atoms with Gasteiger partial charge in [-0.15, -0.1) is 0 Å². The second kappa shape index (κ2) is 6.33. The lowest BCUT2D eigenvalue weighted by molar-refractivity contribution is 0.424. The summed E-state index contributed by atoms with van der Waals surface area (Å²) in [4.78, 5) is 13.0. The summed E-state index contributed by atoms with van der Waals surface area (Å²) in [6.07, 6.45) is 5.53. The first-order chi connectivity index (χ1) is 9.42. The van der Waals surface area contributed by atoms with Gasteiger partial charge >= 0.3 is 0 Å². The number of hydrogen-bond acceptors (Lipinski definition) is 5. The summed E-state index contributed by atoms with van der Waals surface area (Å²) in [6.45, 7) is 9.25. The van der Waals surface area contributed by atoms with Crippen molar-refractivity contribution in [2.45, 2.75) is 50.0 Å². The molecule has 2 aromatic rings. The lowest BCUT2D eigenvalue weighted by Crippen LogP contribution is -2.35. The third kappa shape index (κ3) is 4.90. The van der Waals surface area contributed by atoms with Crippen molar-refractivity contribution in [3.8, 4) is 0 Å². The summed E-state index contributed by atoms with van der Waals surface area (Å²) >= 11 is 1.47. The Bertz CT molecular complexity index is 544. The van der Waals surface area contributed by atoms with E-state index in [0.29, 0.717) is 0 Å². The molecule has 0 radical (unpaired) electrons. The molecule has 20 heavy (non-hydrogen) atoms. The maximum absolute atomic E-state index is 4.44. The molecule has 2 heterocycles. The Balaban J connectivity index is 1.96. The Labute approximate surface area is 124 Å². The molecule has 2 rings (SSSR count). The molecule has 0 unspecified atom stereocenters. The van der Waals surface area contributed by atoms with Gasteiger partial charge in [-0.3, -0.25) is 0 Å². The molecule has 0 saturated carbocycles. The van der Waals surface area contributed by atoms with Crippen molar-refractivity contribution in [1.29, 1.82) is 0 Å². The Morgan fingerprint density at radius 3 is 2.30 bits per heavy atom. The van der Waals surface area contributed by atoms with Crippen molar-refractivity contribution >= 4 is 11.8 Å². The number of nitrogens with one attached hydrogen (secondary N) is 1. The van der Waals surface area contributed by atoms with E-state index < -0.39 is 0 Å². The van der Waals surface area contributed by atoms with Crippen molar-refractivity contribution in [2.24, 2.45) is 0 Å². The lowest BCUT2D eigenvalue weighted by Gasteiger charge is -2.20. The Morgan fingerprint density at radius 1 is 1.05 bits per heavy atom. The number of nitrogens with zero attached hydrogens (tertiary/aromatic N) is 3. The fourth-order valence-electron chi connectivity index (χ4n) is 1.47. The van der Waals surface area contributed by atoms with E-state index in [4.69, 9.17) is 0 Å². The largest absolute Gasteiger partial charge is 0.308 e. The maximum Gasteiger partial charge on any atom is 0.193 e. The van der Waals surface area contributed by atoms with Crippen LogP contribution in [0.25, 0.3) is 0 Å². The first-order valence-corrected chi connectivity index (χ1v) is 7.40. The van der Waals surface area contributed by atoms with E-state index in [1.165, 1.54) is 17.3 Å². The summed E-state index contributed by atoms with van der Waals surface area (Å²) in [7, 11) is 0. The molecule has 0 bridgehead atoms. The zero-order chi connectivity index (χ0) is 14.6. The first kappa shape index (κ1) is 14.9. The van der Waals surface area contributed by atoms with Crippen molar-refractivity contribution in [2.75, 3.05) is 0 Å². The number of aryl methyl sites for hydroxylation is 1. The second-order valence-electron chi connectivity index (χ2n) is 5.75. The SMILES string of the molecule is Cc1cnc(Sc2ccc(CNC(C)(C)C)cn2)nc1. The van der Waals surface area contributed by atoms with Gasteiger partial charge in [-0.1, -0.05) is 6.07 Å². The summed E-state index contributed by atoms with van der Waals surface area (Å²) in [5.74, 6) is 0. The fourth-order valence-corrected chi connectivity index (χ4v) is 2.11. The zero-order valence-electron chi connectivity index (χ0n) is 12.3. The average Bonchev–Trinajstić information content (AvgIpc) is 2.40. The molecule has 0 atom stereocenters.